The number of fused-ring (bicyclic) bond motifs is 1. The van der Waals surface area contributed by atoms with Crippen LogP contribution in [0.3, 0.4) is 0 Å². The van der Waals surface area contributed by atoms with Gasteiger partial charge in [-0.25, -0.2) is 13.4 Å². The second-order valence-corrected chi connectivity index (χ2v) is 11.4. The molecule has 4 aromatic carbocycles. The van der Waals surface area contributed by atoms with Crippen molar-refractivity contribution in [2.75, 3.05) is 14.2 Å². The highest BCUT2D eigenvalue weighted by molar-refractivity contribution is 7.89. The van der Waals surface area contributed by atoms with Crippen LogP contribution in [0.2, 0.25) is 0 Å². The lowest BCUT2D eigenvalue weighted by atomic mass is 10.1. The molecule has 0 radical (unpaired) electrons. The Kier molecular flexibility index (Phi) is 7.08. The van der Waals surface area contributed by atoms with E-state index in [9.17, 15) is 13.2 Å². The molecule has 0 aliphatic heterocycles. The average Bonchev–Trinajstić information content (AvgIpc) is 2.97. The number of nitrogens with zero attached hydrogens (tertiary/aromatic N) is 3. The molecule has 7 nitrogen and oxygen atoms in total. The molecule has 0 spiro atoms. The zero-order chi connectivity index (χ0) is 27.7. The monoisotopic (exact) mass is 539 g/mol. The Hall–Kier alpha value is -4.27. The molecular weight excluding hydrogens is 510 g/mol. The third-order valence-electron chi connectivity index (χ3n) is 7.02. The first-order valence-electron chi connectivity index (χ1n) is 12.5. The van der Waals surface area contributed by atoms with Gasteiger partial charge in [0.15, 0.2) is 0 Å². The average molecular weight is 540 g/mol. The zero-order valence-corrected chi connectivity index (χ0v) is 23.0. The third-order valence-corrected chi connectivity index (χ3v) is 8.96. The van der Waals surface area contributed by atoms with Gasteiger partial charge in [-0.2, -0.15) is 4.31 Å². The van der Waals surface area contributed by atoms with Crippen molar-refractivity contribution in [2.45, 2.75) is 24.8 Å². The number of methoxy groups -OCH3 is 1. The van der Waals surface area contributed by atoms with E-state index in [-0.39, 0.29) is 10.5 Å². The Morgan fingerprint density at radius 2 is 1.49 bits per heavy atom. The summed E-state index contributed by atoms with van der Waals surface area (Å²) < 4.78 is 35.5. The molecule has 0 saturated carbocycles. The van der Waals surface area contributed by atoms with Crippen molar-refractivity contribution in [2.24, 2.45) is 0 Å². The van der Waals surface area contributed by atoms with Crippen molar-refractivity contribution in [1.29, 1.82) is 0 Å². The molecule has 0 fully saturated rings. The van der Waals surface area contributed by atoms with Gasteiger partial charge in [-0.1, -0.05) is 54.6 Å². The van der Waals surface area contributed by atoms with E-state index < -0.39 is 16.1 Å². The molecule has 0 aliphatic carbocycles. The molecule has 1 atom stereocenters. The lowest BCUT2D eigenvalue weighted by Crippen LogP contribution is -2.35. The standard InChI is InChI=1S/C31H29N3O4S/c1-21-9-8-12-28-29(21)31(35)34(25-15-17-26(38-4)18-16-25)30(32-28)22(2)33(3)39(36,37)27-19-13-24(14-20-27)23-10-6-5-7-11-23/h5-20,22H,1-4H3. The summed E-state index contributed by atoms with van der Waals surface area (Å²) in [5.74, 6) is 0.959. The first-order chi connectivity index (χ1) is 18.7. The molecule has 0 bridgehead atoms. The molecule has 8 heteroatoms. The SMILES string of the molecule is COc1ccc(-n2c(C(C)N(C)S(=O)(=O)c3ccc(-c4ccccc4)cc3)nc3cccc(C)c3c2=O)cc1. The van der Waals surface area contributed by atoms with Gasteiger partial charge in [-0.15, -0.1) is 0 Å². The number of aromatic nitrogens is 2. The fraction of sp³-hybridized carbons (Fsp3) is 0.161. The van der Waals surface area contributed by atoms with Crippen LogP contribution in [-0.2, 0) is 10.0 Å². The lowest BCUT2D eigenvalue weighted by molar-refractivity contribution is 0.379. The van der Waals surface area contributed by atoms with Crippen LogP contribution in [0.5, 0.6) is 5.75 Å². The normalized spacial score (nSPS) is 12.5. The predicted octanol–water partition coefficient (Wildman–Crippen LogP) is 5.75. The van der Waals surface area contributed by atoms with Gasteiger partial charge in [0.05, 0.1) is 34.6 Å². The first-order valence-corrected chi connectivity index (χ1v) is 14.0. The topological polar surface area (TPSA) is 81.5 Å². The van der Waals surface area contributed by atoms with Crippen LogP contribution in [0, 0.1) is 6.92 Å². The van der Waals surface area contributed by atoms with Crippen molar-refractivity contribution in [1.82, 2.24) is 13.9 Å². The summed E-state index contributed by atoms with van der Waals surface area (Å²) in [6.07, 6.45) is 0. The van der Waals surface area contributed by atoms with Gasteiger partial charge >= 0.3 is 0 Å². The van der Waals surface area contributed by atoms with Crippen molar-refractivity contribution in [3.05, 3.63) is 119 Å². The molecular formula is C31H29N3O4S. The number of hydrogen-bond donors (Lipinski definition) is 0. The molecule has 0 saturated heterocycles. The quantitative estimate of drug-likeness (QED) is 0.263. The maximum Gasteiger partial charge on any atom is 0.266 e. The number of ether oxygens (including phenoxy) is 1. The number of rotatable bonds is 7. The number of benzene rings is 4. The Labute approximate surface area is 228 Å². The van der Waals surface area contributed by atoms with E-state index in [1.807, 2.05) is 49.4 Å². The lowest BCUT2D eigenvalue weighted by Gasteiger charge is -2.26. The Balaban J connectivity index is 1.60. The molecule has 1 heterocycles. The van der Waals surface area contributed by atoms with Gasteiger partial charge in [-0.3, -0.25) is 9.36 Å². The summed E-state index contributed by atoms with van der Waals surface area (Å²) in [7, 11) is -0.830. The molecule has 0 amide bonds. The number of aryl methyl sites for hydroxylation is 1. The minimum absolute atomic E-state index is 0.159. The maximum absolute atomic E-state index is 13.9. The summed E-state index contributed by atoms with van der Waals surface area (Å²) >= 11 is 0. The van der Waals surface area contributed by atoms with Crippen LogP contribution < -0.4 is 10.3 Å². The molecule has 39 heavy (non-hydrogen) atoms. The minimum Gasteiger partial charge on any atom is -0.497 e. The summed E-state index contributed by atoms with van der Waals surface area (Å²) in [5.41, 5.74) is 3.55. The molecule has 5 aromatic rings. The summed E-state index contributed by atoms with van der Waals surface area (Å²) in [6, 6.07) is 28.3. The van der Waals surface area contributed by atoms with E-state index in [4.69, 9.17) is 9.72 Å². The van der Waals surface area contributed by atoms with Crippen molar-refractivity contribution < 1.29 is 13.2 Å². The second kappa shape index (κ2) is 10.5. The molecule has 0 N–H and O–H groups in total. The highest BCUT2D eigenvalue weighted by atomic mass is 32.2. The van der Waals surface area contributed by atoms with Crippen LogP contribution in [0.1, 0.15) is 24.4 Å². The minimum atomic E-state index is -3.91. The van der Waals surface area contributed by atoms with E-state index in [0.717, 1.165) is 16.7 Å². The number of sulfonamides is 1. The van der Waals surface area contributed by atoms with Gasteiger partial charge in [-0.05, 0) is 73.0 Å². The van der Waals surface area contributed by atoms with Crippen LogP contribution in [0.15, 0.2) is 107 Å². The molecule has 198 valence electrons. The van der Waals surface area contributed by atoms with Crippen LogP contribution in [-0.4, -0.2) is 36.4 Å². The largest absolute Gasteiger partial charge is 0.497 e. The Morgan fingerprint density at radius 3 is 2.13 bits per heavy atom. The van der Waals surface area contributed by atoms with E-state index in [2.05, 4.69) is 0 Å². The highest BCUT2D eigenvalue weighted by Crippen LogP contribution is 2.29. The fourth-order valence-corrected chi connectivity index (χ4v) is 5.98. The third kappa shape index (κ3) is 4.84. The first kappa shape index (κ1) is 26.3. The van der Waals surface area contributed by atoms with Gasteiger partial charge in [0, 0.05) is 7.05 Å². The van der Waals surface area contributed by atoms with Gasteiger partial charge in [0.1, 0.15) is 11.6 Å². The van der Waals surface area contributed by atoms with E-state index in [1.54, 1.807) is 68.6 Å². The van der Waals surface area contributed by atoms with E-state index >= 15 is 0 Å². The van der Waals surface area contributed by atoms with Crippen LogP contribution in [0.25, 0.3) is 27.7 Å². The maximum atomic E-state index is 13.9. The number of hydrogen-bond acceptors (Lipinski definition) is 5. The highest BCUT2D eigenvalue weighted by Gasteiger charge is 2.30. The summed E-state index contributed by atoms with van der Waals surface area (Å²) in [4.78, 5) is 18.8. The predicted molar refractivity (Wildman–Crippen MR) is 154 cm³/mol. The fourth-order valence-electron chi connectivity index (χ4n) is 4.66. The molecule has 0 aliphatic rings. The zero-order valence-electron chi connectivity index (χ0n) is 22.2. The van der Waals surface area contributed by atoms with Crippen molar-refractivity contribution >= 4 is 20.9 Å². The van der Waals surface area contributed by atoms with Gasteiger partial charge in [0.2, 0.25) is 10.0 Å². The van der Waals surface area contributed by atoms with Crippen LogP contribution >= 0.6 is 0 Å². The smallest absolute Gasteiger partial charge is 0.266 e. The van der Waals surface area contributed by atoms with Gasteiger partial charge in [0.25, 0.3) is 5.56 Å². The summed E-state index contributed by atoms with van der Waals surface area (Å²) in [6.45, 7) is 3.60. The molecule has 5 rings (SSSR count). The van der Waals surface area contributed by atoms with Gasteiger partial charge < -0.3 is 4.74 Å². The van der Waals surface area contributed by atoms with Crippen molar-refractivity contribution in [3.8, 4) is 22.6 Å². The van der Waals surface area contributed by atoms with E-state index in [1.165, 1.54) is 15.9 Å². The van der Waals surface area contributed by atoms with Crippen LogP contribution in [0.4, 0.5) is 0 Å². The summed E-state index contributed by atoms with van der Waals surface area (Å²) in [5, 5.41) is 0.492. The van der Waals surface area contributed by atoms with E-state index in [0.29, 0.717) is 28.2 Å². The molecule has 1 unspecified atom stereocenters. The second-order valence-electron chi connectivity index (χ2n) is 9.37. The Bertz CT molecular complexity index is 1800. The van der Waals surface area contributed by atoms with Crippen molar-refractivity contribution in [3.63, 3.8) is 0 Å². The Morgan fingerprint density at radius 1 is 0.846 bits per heavy atom. The molecule has 1 aromatic heterocycles.